The number of aliphatic hydroxyl groups excluding tert-OH is 1. The average Bonchev–Trinajstić information content (AvgIpc) is 2.62. The smallest absolute Gasteiger partial charge is 0.222 e. The summed E-state index contributed by atoms with van der Waals surface area (Å²) in [5, 5.41) is 9.07. The van der Waals surface area contributed by atoms with Crippen molar-refractivity contribution in [1.82, 2.24) is 9.80 Å². The number of amides is 1. The van der Waals surface area contributed by atoms with Gasteiger partial charge in [-0.05, 0) is 44.2 Å². The maximum atomic E-state index is 12.4. The molecule has 1 aromatic carbocycles. The van der Waals surface area contributed by atoms with Gasteiger partial charge in [0.15, 0.2) is 0 Å². The molecule has 0 aromatic heterocycles. The number of likely N-dealkylation sites (tertiary alicyclic amines) is 2. The predicted molar refractivity (Wildman–Crippen MR) is 95.8 cm³/mol. The third-order valence-corrected chi connectivity index (χ3v) is 5.63. The summed E-state index contributed by atoms with van der Waals surface area (Å²) < 4.78 is 0. The van der Waals surface area contributed by atoms with Crippen LogP contribution >= 0.6 is 0 Å². The van der Waals surface area contributed by atoms with E-state index in [0.717, 1.165) is 52.0 Å². The fourth-order valence-corrected chi connectivity index (χ4v) is 4.34. The van der Waals surface area contributed by atoms with Crippen molar-refractivity contribution in [2.75, 3.05) is 39.3 Å². The molecule has 0 unspecified atom stereocenters. The molecular formula is C20H30N2O2. The Bertz CT molecular complexity index is 534. The van der Waals surface area contributed by atoms with Crippen molar-refractivity contribution in [2.45, 2.75) is 38.5 Å². The molecular weight excluding hydrogens is 300 g/mol. The van der Waals surface area contributed by atoms with Crippen molar-refractivity contribution in [3.8, 4) is 0 Å². The van der Waals surface area contributed by atoms with Gasteiger partial charge < -0.3 is 14.9 Å². The quantitative estimate of drug-likeness (QED) is 0.870. The van der Waals surface area contributed by atoms with Gasteiger partial charge in [0, 0.05) is 44.6 Å². The lowest BCUT2D eigenvalue weighted by Gasteiger charge is -2.48. The zero-order valence-corrected chi connectivity index (χ0v) is 14.6. The largest absolute Gasteiger partial charge is 0.396 e. The highest BCUT2D eigenvalue weighted by molar-refractivity contribution is 5.77. The van der Waals surface area contributed by atoms with E-state index in [2.05, 4.69) is 34.1 Å². The van der Waals surface area contributed by atoms with Gasteiger partial charge >= 0.3 is 0 Å². The van der Waals surface area contributed by atoms with Gasteiger partial charge in [-0.2, -0.15) is 0 Å². The molecule has 4 heteroatoms. The van der Waals surface area contributed by atoms with E-state index in [1.165, 1.54) is 18.4 Å². The second kappa shape index (κ2) is 8.13. The molecule has 0 radical (unpaired) electrons. The lowest BCUT2D eigenvalue weighted by atomic mass is 9.73. The molecule has 0 aliphatic carbocycles. The topological polar surface area (TPSA) is 43.8 Å². The Kier molecular flexibility index (Phi) is 5.90. The SMILES string of the molecule is O=C1CC[C@]2(CCCN(CCCO)C2)CN1CCc1ccccc1. The Labute approximate surface area is 145 Å². The number of carbonyl (C=O) groups excluding carboxylic acids is 1. The zero-order valence-electron chi connectivity index (χ0n) is 14.6. The lowest BCUT2D eigenvalue weighted by Crippen LogP contribution is -2.54. The fraction of sp³-hybridized carbons (Fsp3) is 0.650. The first-order valence-electron chi connectivity index (χ1n) is 9.36. The van der Waals surface area contributed by atoms with Crippen molar-refractivity contribution in [3.63, 3.8) is 0 Å². The molecule has 1 N–H and O–H groups in total. The Morgan fingerprint density at radius 2 is 1.92 bits per heavy atom. The van der Waals surface area contributed by atoms with Crippen LogP contribution in [0.5, 0.6) is 0 Å². The van der Waals surface area contributed by atoms with E-state index in [9.17, 15) is 4.79 Å². The molecule has 1 atom stereocenters. The Balaban J connectivity index is 1.58. The van der Waals surface area contributed by atoms with Crippen LogP contribution in [0.3, 0.4) is 0 Å². The minimum absolute atomic E-state index is 0.269. The Morgan fingerprint density at radius 1 is 1.08 bits per heavy atom. The van der Waals surface area contributed by atoms with Crippen molar-refractivity contribution < 1.29 is 9.90 Å². The van der Waals surface area contributed by atoms with E-state index in [1.807, 2.05) is 6.07 Å². The molecule has 1 spiro atoms. The fourth-order valence-electron chi connectivity index (χ4n) is 4.34. The van der Waals surface area contributed by atoms with Crippen molar-refractivity contribution >= 4 is 5.91 Å². The first-order valence-corrected chi connectivity index (χ1v) is 9.36. The summed E-state index contributed by atoms with van der Waals surface area (Å²) in [6.07, 6.45) is 5.97. The molecule has 1 amide bonds. The van der Waals surface area contributed by atoms with Crippen LogP contribution in [0.25, 0.3) is 0 Å². The molecule has 132 valence electrons. The standard InChI is InChI=1S/C20H30N2O2/c23-15-5-13-21-12-4-10-20(16-21)11-8-19(24)22(17-20)14-9-18-6-2-1-3-7-18/h1-3,6-7,23H,4-5,8-17H2/t20-/m0/s1. The van der Waals surface area contributed by atoms with Crippen LogP contribution in [0.1, 0.15) is 37.7 Å². The van der Waals surface area contributed by atoms with Crippen molar-refractivity contribution in [2.24, 2.45) is 5.41 Å². The van der Waals surface area contributed by atoms with Gasteiger partial charge in [-0.3, -0.25) is 4.79 Å². The van der Waals surface area contributed by atoms with Crippen LogP contribution in [-0.2, 0) is 11.2 Å². The zero-order chi connectivity index (χ0) is 16.8. The van der Waals surface area contributed by atoms with Gasteiger partial charge in [0.05, 0.1) is 0 Å². The monoisotopic (exact) mass is 330 g/mol. The summed E-state index contributed by atoms with van der Waals surface area (Å²) in [4.78, 5) is 17.0. The summed E-state index contributed by atoms with van der Waals surface area (Å²) in [6, 6.07) is 10.4. The van der Waals surface area contributed by atoms with Crippen LogP contribution in [-0.4, -0.2) is 60.1 Å². The van der Waals surface area contributed by atoms with E-state index in [0.29, 0.717) is 12.3 Å². The molecule has 3 rings (SSSR count). The van der Waals surface area contributed by atoms with Crippen LogP contribution < -0.4 is 0 Å². The normalized spacial score (nSPS) is 25.4. The van der Waals surface area contributed by atoms with E-state index >= 15 is 0 Å². The summed E-state index contributed by atoms with van der Waals surface area (Å²) >= 11 is 0. The van der Waals surface area contributed by atoms with Crippen molar-refractivity contribution in [3.05, 3.63) is 35.9 Å². The molecule has 2 aliphatic rings. The second-order valence-corrected chi connectivity index (χ2v) is 7.51. The third-order valence-electron chi connectivity index (χ3n) is 5.63. The maximum absolute atomic E-state index is 12.4. The molecule has 1 aromatic rings. The number of hydrogen-bond donors (Lipinski definition) is 1. The van der Waals surface area contributed by atoms with Gasteiger partial charge in [0.1, 0.15) is 0 Å². The minimum Gasteiger partial charge on any atom is -0.396 e. The van der Waals surface area contributed by atoms with Crippen LogP contribution in [0.2, 0.25) is 0 Å². The van der Waals surface area contributed by atoms with E-state index in [1.54, 1.807) is 0 Å². The second-order valence-electron chi connectivity index (χ2n) is 7.51. The van der Waals surface area contributed by atoms with E-state index in [-0.39, 0.29) is 12.0 Å². The van der Waals surface area contributed by atoms with Gasteiger partial charge in [-0.15, -0.1) is 0 Å². The maximum Gasteiger partial charge on any atom is 0.222 e. The Hall–Kier alpha value is -1.39. The van der Waals surface area contributed by atoms with Gasteiger partial charge in [0.25, 0.3) is 0 Å². The highest BCUT2D eigenvalue weighted by atomic mass is 16.3. The molecule has 4 nitrogen and oxygen atoms in total. The lowest BCUT2D eigenvalue weighted by molar-refractivity contribution is -0.139. The highest BCUT2D eigenvalue weighted by Crippen LogP contribution is 2.38. The van der Waals surface area contributed by atoms with E-state index < -0.39 is 0 Å². The van der Waals surface area contributed by atoms with Crippen LogP contribution in [0, 0.1) is 5.41 Å². The predicted octanol–water partition coefficient (Wildman–Crippen LogP) is 2.32. The minimum atomic E-state index is 0.269. The summed E-state index contributed by atoms with van der Waals surface area (Å²) in [5.74, 6) is 0.323. The number of rotatable bonds is 6. The number of hydrogen-bond acceptors (Lipinski definition) is 3. The van der Waals surface area contributed by atoms with E-state index in [4.69, 9.17) is 5.11 Å². The molecule has 0 bridgehead atoms. The molecule has 2 fully saturated rings. The third kappa shape index (κ3) is 4.37. The molecule has 0 saturated carbocycles. The first kappa shape index (κ1) is 17.4. The Morgan fingerprint density at radius 3 is 2.71 bits per heavy atom. The summed E-state index contributed by atoms with van der Waals surface area (Å²) in [5.41, 5.74) is 1.58. The van der Waals surface area contributed by atoms with Gasteiger partial charge in [-0.1, -0.05) is 30.3 Å². The summed E-state index contributed by atoms with van der Waals surface area (Å²) in [6.45, 7) is 5.22. The molecule has 2 saturated heterocycles. The highest BCUT2D eigenvalue weighted by Gasteiger charge is 2.41. The van der Waals surface area contributed by atoms with Crippen LogP contribution in [0.15, 0.2) is 30.3 Å². The number of nitrogens with zero attached hydrogens (tertiary/aromatic N) is 2. The van der Waals surface area contributed by atoms with Gasteiger partial charge in [0.2, 0.25) is 5.91 Å². The molecule has 24 heavy (non-hydrogen) atoms. The molecule has 2 heterocycles. The summed E-state index contributed by atoms with van der Waals surface area (Å²) in [7, 11) is 0. The first-order chi connectivity index (χ1) is 11.7. The number of aliphatic hydroxyl groups is 1. The van der Waals surface area contributed by atoms with Crippen molar-refractivity contribution in [1.29, 1.82) is 0 Å². The number of benzene rings is 1. The van der Waals surface area contributed by atoms with Crippen LogP contribution in [0.4, 0.5) is 0 Å². The van der Waals surface area contributed by atoms with Gasteiger partial charge in [-0.25, -0.2) is 0 Å². The number of carbonyl (C=O) groups is 1. The average molecular weight is 330 g/mol. The molecule has 2 aliphatic heterocycles. The number of piperidine rings is 2.